The van der Waals surface area contributed by atoms with Gasteiger partial charge < -0.3 is 4.90 Å². The zero-order valence-electron chi connectivity index (χ0n) is 28.2. The highest BCUT2D eigenvalue weighted by Gasteiger charge is 2.24. The molecule has 0 aliphatic rings. The summed E-state index contributed by atoms with van der Waals surface area (Å²) in [5.74, 6) is 0. The average Bonchev–Trinajstić information content (AvgIpc) is 3.22. The van der Waals surface area contributed by atoms with Gasteiger partial charge in [-0.2, -0.15) is 0 Å². The zero-order valence-corrected chi connectivity index (χ0v) is 28.2. The van der Waals surface area contributed by atoms with Gasteiger partial charge in [0.1, 0.15) is 0 Å². The Morgan fingerprint density at radius 1 is 0.255 bits per heavy atom. The van der Waals surface area contributed by atoms with E-state index in [4.69, 9.17) is 0 Å². The fraction of sp³-hybridized carbons (Fsp3) is 0. The van der Waals surface area contributed by atoms with Gasteiger partial charge in [-0.25, -0.2) is 0 Å². The average molecular weight is 650 g/mol. The van der Waals surface area contributed by atoms with Crippen LogP contribution in [0.25, 0.3) is 66.1 Å². The molecular formula is C50H35N. The van der Waals surface area contributed by atoms with E-state index in [9.17, 15) is 0 Å². The van der Waals surface area contributed by atoms with Gasteiger partial charge in [-0.1, -0.05) is 188 Å². The molecule has 51 heavy (non-hydrogen) atoms. The number of hydrogen-bond donors (Lipinski definition) is 0. The molecule has 9 aromatic rings. The molecule has 0 aliphatic carbocycles. The highest BCUT2D eigenvalue weighted by Crippen LogP contribution is 2.50. The van der Waals surface area contributed by atoms with Crippen molar-refractivity contribution in [3.63, 3.8) is 0 Å². The predicted octanol–water partition coefficient (Wildman–Crippen LogP) is 14.1. The van der Waals surface area contributed by atoms with E-state index in [1.54, 1.807) is 0 Å². The lowest BCUT2D eigenvalue weighted by Gasteiger charge is -2.31. The molecule has 0 spiro atoms. The fourth-order valence-electron chi connectivity index (χ4n) is 7.51. The molecule has 9 aromatic carbocycles. The number of rotatable bonds is 7. The molecule has 9 rings (SSSR count). The summed E-state index contributed by atoms with van der Waals surface area (Å²) in [6.45, 7) is 0. The van der Waals surface area contributed by atoms with Gasteiger partial charge >= 0.3 is 0 Å². The molecule has 1 nitrogen and oxygen atoms in total. The number of hydrogen-bond acceptors (Lipinski definition) is 1. The van der Waals surface area contributed by atoms with E-state index < -0.39 is 0 Å². The van der Waals surface area contributed by atoms with Gasteiger partial charge in [0.2, 0.25) is 0 Å². The number of benzene rings is 9. The van der Waals surface area contributed by atoms with Crippen LogP contribution in [0.5, 0.6) is 0 Å². The van der Waals surface area contributed by atoms with Gasteiger partial charge in [0, 0.05) is 22.3 Å². The van der Waals surface area contributed by atoms with E-state index in [0.717, 1.165) is 17.1 Å². The van der Waals surface area contributed by atoms with Crippen LogP contribution < -0.4 is 4.90 Å². The van der Waals surface area contributed by atoms with Crippen molar-refractivity contribution in [1.29, 1.82) is 0 Å². The number of anilines is 3. The molecule has 0 aliphatic heterocycles. The van der Waals surface area contributed by atoms with E-state index in [0.29, 0.717) is 0 Å². The van der Waals surface area contributed by atoms with Crippen LogP contribution in [0.4, 0.5) is 17.1 Å². The lowest BCUT2D eigenvalue weighted by molar-refractivity contribution is 1.30. The molecule has 240 valence electrons. The second-order valence-electron chi connectivity index (χ2n) is 12.9. The van der Waals surface area contributed by atoms with Gasteiger partial charge in [-0.05, 0) is 79.4 Å². The highest BCUT2D eigenvalue weighted by atomic mass is 15.1. The molecule has 0 fully saturated rings. The second-order valence-corrected chi connectivity index (χ2v) is 12.9. The Kier molecular flexibility index (Phi) is 7.92. The minimum atomic E-state index is 1.10. The largest absolute Gasteiger partial charge is 0.309 e. The van der Waals surface area contributed by atoms with Gasteiger partial charge in [0.15, 0.2) is 0 Å². The molecule has 0 saturated heterocycles. The van der Waals surface area contributed by atoms with Crippen LogP contribution in [0.1, 0.15) is 0 Å². The summed E-state index contributed by atoms with van der Waals surface area (Å²) in [6.07, 6.45) is 0. The fourth-order valence-corrected chi connectivity index (χ4v) is 7.51. The maximum Gasteiger partial charge on any atom is 0.0624 e. The first-order chi connectivity index (χ1) is 25.3. The molecule has 0 saturated carbocycles. The molecule has 0 radical (unpaired) electrons. The number of nitrogens with zero attached hydrogens (tertiary/aromatic N) is 1. The molecule has 1 heteroatoms. The Morgan fingerprint density at radius 3 is 1.33 bits per heavy atom. The van der Waals surface area contributed by atoms with E-state index in [2.05, 4.69) is 217 Å². The van der Waals surface area contributed by atoms with Crippen molar-refractivity contribution >= 4 is 38.6 Å². The van der Waals surface area contributed by atoms with E-state index in [-0.39, 0.29) is 0 Å². The Morgan fingerprint density at radius 2 is 0.706 bits per heavy atom. The minimum Gasteiger partial charge on any atom is -0.309 e. The third-order valence-corrected chi connectivity index (χ3v) is 9.85. The van der Waals surface area contributed by atoms with Gasteiger partial charge in [-0.15, -0.1) is 0 Å². The van der Waals surface area contributed by atoms with Crippen molar-refractivity contribution < 1.29 is 0 Å². The molecule has 0 amide bonds. The lowest BCUT2D eigenvalue weighted by atomic mass is 9.89. The summed E-state index contributed by atoms with van der Waals surface area (Å²) in [6, 6.07) is 76.6. The van der Waals surface area contributed by atoms with Crippen LogP contribution in [0, 0.1) is 0 Å². The first-order valence-corrected chi connectivity index (χ1v) is 17.5. The summed E-state index contributed by atoms with van der Waals surface area (Å²) >= 11 is 0. The molecule has 0 N–H and O–H groups in total. The second kappa shape index (κ2) is 13.3. The summed E-state index contributed by atoms with van der Waals surface area (Å²) < 4.78 is 0. The first-order valence-electron chi connectivity index (χ1n) is 17.5. The van der Waals surface area contributed by atoms with E-state index in [1.807, 2.05) is 0 Å². The molecule has 0 unspecified atom stereocenters. The minimum absolute atomic E-state index is 1.10. The molecule has 0 atom stereocenters. The first kappa shape index (κ1) is 30.4. The summed E-state index contributed by atoms with van der Waals surface area (Å²) in [4.78, 5) is 2.47. The van der Waals surface area contributed by atoms with Gasteiger partial charge in [0.05, 0.1) is 5.69 Å². The van der Waals surface area contributed by atoms with E-state index >= 15 is 0 Å². The Hall–Kier alpha value is -6.70. The van der Waals surface area contributed by atoms with Crippen LogP contribution in [-0.2, 0) is 0 Å². The Labute approximate surface area is 299 Å². The van der Waals surface area contributed by atoms with Gasteiger partial charge in [0.25, 0.3) is 0 Å². The van der Waals surface area contributed by atoms with Crippen molar-refractivity contribution in [2.24, 2.45) is 0 Å². The van der Waals surface area contributed by atoms with Crippen molar-refractivity contribution in [2.75, 3.05) is 4.90 Å². The topological polar surface area (TPSA) is 3.24 Å². The van der Waals surface area contributed by atoms with Gasteiger partial charge in [-0.3, -0.25) is 0 Å². The maximum atomic E-state index is 2.47. The SMILES string of the molecule is c1ccc(-c2cccc(N(c3ccc(-c4ccccc4-c4ccccc4)cc3)c3c(-c4ccccc4)c4ccccc4c4ccccc34)c2)cc1. The van der Waals surface area contributed by atoms with Crippen LogP contribution in [-0.4, -0.2) is 0 Å². The van der Waals surface area contributed by atoms with Crippen LogP contribution in [0.15, 0.2) is 212 Å². The highest BCUT2D eigenvalue weighted by molar-refractivity contribution is 6.22. The molecule has 0 bridgehead atoms. The van der Waals surface area contributed by atoms with Crippen LogP contribution in [0.3, 0.4) is 0 Å². The summed E-state index contributed by atoms with van der Waals surface area (Å²) in [7, 11) is 0. The quantitative estimate of drug-likeness (QED) is 0.155. The van der Waals surface area contributed by atoms with Crippen molar-refractivity contribution in [3.8, 4) is 44.5 Å². The zero-order chi connectivity index (χ0) is 34.0. The predicted molar refractivity (Wildman–Crippen MR) is 218 cm³/mol. The van der Waals surface area contributed by atoms with Crippen LogP contribution >= 0.6 is 0 Å². The number of fused-ring (bicyclic) bond motifs is 3. The Bertz CT molecular complexity index is 2610. The third kappa shape index (κ3) is 5.65. The molecule has 0 heterocycles. The molecular weight excluding hydrogens is 615 g/mol. The third-order valence-electron chi connectivity index (χ3n) is 9.85. The summed E-state index contributed by atoms with van der Waals surface area (Å²) in [5.41, 5.74) is 13.0. The van der Waals surface area contributed by atoms with Crippen molar-refractivity contribution in [1.82, 2.24) is 0 Å². The Balaban J connectivity index is 1.32. The smallest absolute Gasteiger partial charge is 0.0624 e. The van der Waals surface area contributed by atoms with Crippen molar-refractivity contribution in [3.05, 3.63) is 212 Å². The van der Waals surface area contributed by atoms with Crippen LogP contribution in [0.2, 0.25) is 0 Å². The standard InChI is InChI=1S/C50H35N/c1-4-17-36(18-5-1)40-23-16-24-42(35-40)51(41-33-31-38(32-34-41)44-26-11-10-25-43(44)37-19-6-2-7-20-37)50-48-30-15-13-28-46(48)45-27-12-14-29-47(45)49(50)39-21-8-3-9-22-39/h1-35H. The lowest BCUT2D eigenvalue weighted by Crippen LogP contribution is -2.12. The monoisotopic (exact) mass is 649 g/mol. The molecule has 0 aromatic heterocycles. The summed E-state index contributed by atoms with van der Waals surface area (Å²) in [5, 5.41) is 4.93. The maximum absolute atomic E-state index is 2.47. The normalized spacial score (nSPS) is 11.1. The van der Waals surface area contributed by atoms with E-state index in [1.165, 1.54) is 66.1 Å². The van der Waals surface area contributed by atoms with Crippen molar-refractivity contribution in [2.45, 2.75) is 0 Å².